The minimum atomic E-state index is -4.63. The van der Waals surface area contributed by atoms with Gasteiger partial charge in [0.15, 0.2) is 0 Å². The topological polar surface area (TPSA) is 103 Å². The summed E-state index contributed by atoms with van der Waals surface area (Å²) in [5, 5.41) is 18.8. The number of dihydropyridines is 1. The molecule has 4 rings (SSSR count). The van der Waals surface area contributed by atoms with Gasteiger partial charge in [0, 0.05) is 11.3 Å². The Kier molecular flexibility index (Phi) is 9.04. The first kappa shape index (κ1) is 29.3. The number of hydrogen-bond donors (Lipinski definition) is 3. The van der Waals surface area contributed by atoms with E-state index in [1.165, 1.54) is 25.3 Å². The Hall–Kier alpha value is -4.69. The van der Waals surface area contributed by atoms with E-state index in [9.17, 15) is 28.0 Å². The fraction of sp³-hybridized carbons (Fsp3) is 0.167. The second kappa shape index (κ2) is 12.7. The average Bonchev–Trinajstić information content (AvgIpc) is 2.96. The van der Waals surface area contributed by atoms with Gasteiger partial charge in [-0.05, 0) is 36.8 Å². The van der Waals surface area contributed by atoms with Crippen LogP contribution in [0.1, 0.15) is 24.0 Å². The molecule has 0 spiro atoms. The summed E-state index contributed by atoms with van der Waals surface area (Å²) in [5.41, 5.74) is 0.759. The number of alkyl halides is 3. The van der Waals surface area contributed by atoms with Gasteiger partial charge in [-0.25, -0.2) is 0 Å². The smallest absolute Gasteiger partial charge is 0.418 e. The normalized spacial score (nSPS) is 15.1. The molecule has 1 heterocycles. The molecule has 1 aliphatic rings. The Balaban J connectivity index is 1.62. The number of hydrogen-bond acceptors (Lipinski definition) is 6. The highest BCUT2D eigenvalue weighted by Gasteiger charge is 2.36. The number of rotatable bonds is 8. The van der Waals surface area contributed by atoms with Crippen molar-refractivity contribution in [2.24, 2.45) is 0 Å². The van der Waals surface area contributed by atoms with Crippen molar-refractivity contribution in [3.05, 3.63) is 112 Å². The molecule has 3 N–H and O–H groups in total. The number of benzene rings is 3. The molecule has 0 aromatic heterocycles. The summed E-state index contributed by atoms with van der Waals surface area (Å²) in [4.78, 5) is 26.3. The van der Waals surface area contributed by atoms with Crippen LogP contribution in [-0.2, 0) is 15.8 Å². The van der Waals surface area contributed by atoms with Gasteiger partial charge in [0.25, 0.3) is 5.91 Å². The molecular weight excluding hydrogens is 553 g/mol. The van der Waals surface area contributed by atoms with Gasteiger partial charge in [0.1, 0.15) is 5.75 Å². The van der Waals surface area contributed by atoms with Gasteiger partial charge < -0.3 is 20.7 Å². The van der Waals surface area contributed by atoms with E-state index in [4.69, 9.17) is 4.74 Å². The second-order valence-electron chi connectivity index (χ2n) is 8.90. The molecule has 3 aromatic rings. The predicted molar refractivity (Wildman–Crippen MR) is 152 cm³/mol. The van der Waals surface area contributed by atoms with E-state index >= 15 is 0 Å². The van der Waals surface area contributed by atoms with Gasteiger partial charge in [-0.15, -0.1) is 0 Å². The summed E-state index contributed by atoms with van der Waals surface area (Å²) in [6.07, 6.45) is -4.63. The molecule has 2 amide bonds. The zero-order valence-electron chi connectivity index (χ0n) is 22.0. The van der Waals surface area contributed by atoms with E-state index in [2.05, 4.69) is 22.0 Å². The quantitative estimate of drug-likeness (QED) is 0.285. The Morgan fingerprint density at radius 2 is 1.61 bits per heavy atom. The highest BCUT2D eigenvalue weighted by Crippen LogP contribution is 2.41. The summed E-state index contributed by atoms with van der Waals surface area (Å²) in [7, 11) is 1.49. The lowest BCUT2D eigenvalue weighted by Gasteiger charge is -2.30. The molecule has 0 radical (unpaired) electrons. The summed E-state index contributed by atoms with van der Waals surface area (Å²) in [6, 6.07) is 22.8. The molecule has 0 saturated carbocycles. The van der Waals surface area contributed by atoms with Crippen molar-refractivity contribution < 1.29 is 27.5 Å². The van der Waals surface area contributed by atoms with E-state index in [1.807, 2.05) is 6.07 Å². The maximum Gasteiger partial charge on any atom is 0.418 e. The zero-order chi connectivity index (χ0) is 29.6. The van der Waals surface area contributed by atoms with Crippen molar-refractivity contribution in [2.75, 3.05) is 23.5 Å². The number of thioether (sulfide) groups is 1. The number of nitrogens with one attached hydrogen (secondary N) is 3. The van der Waals surface area contributed by atoms with Crippen molar-refractivity contribution in [3.63, 3.8) is 0 Å². The third-order valence-electron chi connectivity index (χ3n) is 6.23. The number of nitriles is 1. The van der Waals surface area contributed by atoms with Crippen molar-refractivity contribution in [2.45, 2.75) is 19.0 Å². The van der Waals surface area contributed by atoms with Crippen molar-refractivity contribution in [1.29, 1.82) is 5.26 Å². The Bertz CT molecular complexity index is 1560. The van der Waals surface area contributed by atoms with Gasteiger partial charge in [-0.3, -0.25) is 9.59 Å². The molecule has 1 aliphatic heterocycles. The first-order valence-corrected chi connectivity index (χ1v) is 13.3. The van der Waals surface area contributed by atoms with Gasteiger partial charge >= 0.3 is 6.18 Å². The van der Waals surface area contributed by atoms with Crippen LogP contribution in [0.3, 0.4) is 0 Å². The number of ether oxygens (including phenoxy) is 1. The minimum absolute atomic E-state index is 0.195. The summed E-state index contributed by atoms with van der Waals surface area (Å²) in [6.45, 7) is 1.68. The number of carbonyl (C=O) groups is 2. The number of anilines is 2. The fourth-order valence-electron chi connectivity index (χ4n) is 4.41. The average molecular weight is 579 g/mol. The van der Waals surface area contributed by atoms with E-state index in [0.717, 1.165) is 17.8 Å². The number of amides is 2. The largest absolute Gasteiger partial charge is 0.495 e. The van der Waals surface area contributed by atoms with Crippen molar-refractivity contribution in [1.82, 2.24) is 5.32 Å². The van der Waals surface area contributed by atoms with Gasteiger partial charge in [-0.1, -0.05) is 66.4 Å². The van der Waals surface area contributed by atoms with Gasteiger partial charge in [-0.2, -0.15) is 18.4 Å². The van der Waals surface area contributed by atoms with Crippen LogP contribution in [0, 0.1) is 11.3 Å². The van der Waals surface area contributed by atoms with Gasteiger partial charge in [0.2, 0.25) is 5.91 Å². The summed E-state index contributed by atoms with van der Waals surface area (Å²) >= 11 is 0.964. The van der Waals surface area contributed by atoms with E-state index in [-0.39, 0.29) is 17.0 Å². The lowest BCUT2D eigenvalue weighted by molar-refractivity contribution is -0.137. The maximum absolute atomic E-state index is 13.6. The highest BCUT2D eigenvalue weighted by atomic mass is 32.2. The molecule has 0 saturated heterocycles. The number of para-hydroxylation sites is 3. The van der Waals surface area contributed by atoms with Crippen LogP contribution < -0.4 is 20.7 Å². The monoisotopic (exact) mass is 578 g/mol. The van der Waals surface area contributed by atoms with Crippen molar-refractivity contribution >= 4 is 35.0 Å². The molecule has 0 unspecified atom stereocenters. The lowest BCUT2D eigenvalue weighted by atomic mass is 9.82. The molecular formula is C30H25F3N4O3S. The molecule has 0 fully saturated rings. The first-order chi connectivity index (χ1) is 19.6. The zero-order valence-corrected chi connectivity index (χ0v) is 22.8. The molecule has 0 bridgehead atoms. The molecule has 41 heavy (non-hydrogen) atoms. The standard InChI is InChI=1S/C30H25F3N4O3S/c1-18-26(28(39)37-23-14-8-9-15-24(23)40-2)27(19-10-4-3-5-11-19)20(16-34)29(35-18)41-17-25(38)36-22-13-7-6-12-21(22)30(31,32)33/h3-15,27,35H,17H2,1-2H3,(H,36,38)(H,37,39)/t27-/m1/s1. The Labute approximate surface area is 239 Å². The number of allylic oxidation sites excluding steroid dienone is 2. The van der Waals surface area contributed by atoms with Crippen LogP contribution in [0.2, 0.25) is 0 Å². The fourth-order valence-corrected chi connectivity index (χ4v) is 5.30. The Morgan fingerprint density at radius 3 is 2.27 bits per heavy atom. The van der Waals surface area contributed by atoms with E-state index < -0.39 is 29.5 Å². The van der Waals surface area contributed by atoms with Crippen LogP contribution in [0.25, 0.3) is 0 Å². The molecule has 11 heteroatoms. The van der Waals surface area contributed by atoms with Crippen LogP contribution in [0.5, 0.6) is 5.75 Å². The van der Waals surface area contributed by atoms with Crippen LogP contribution >= 0.6 is 11.8 Å². The first-order valence-electron chi connectivity index (χ1n) is 12.3. The maximum atomic E-state index is 13.6. The molecule has 3 aromatic carbocycles. The van der Waals surface area contributed by atoms with E-state index in [0.29, 0.717) is 33.3 Å². The van der Waals surface area contributed by atoms with Crippen LogP contribution in [0.4, 0.5) is 24.5 Å². The molecule has 210 valence electrons. The van der Waals surface area contributed by atoms with Crippen LogP contribution in [-0.4, -0.2) is 24.7 Å². The van der Waals surface area contributed by atoms with Crippen molar-refractivity contribution in [3.8, 4) is 11.8 Å². The number of carbonyl (C=O) groups excluding carboxylic acids is 2. The summed E-state index contributed by atoms with van der Waals surface area (Å²) < 4.78 is 45.4. The Morgan fingerprint density at radius 1 is 0.976 bits per heavy atom. The number of halogens is 3. The number of nitrogens with zero attached hydrogens (tertiary/aromatic N) is 1. The minimum Gasteiger partial charge on any atom is -0.495 e. The SMILES string of the molecule is COc1ccccc1NC(=O)C1=C(C)NC(SCC(=O)Nc2ccccc2C(F)(F)F)=C(C#N)[C@H]1c1ccccc1. The highest BCUT2D eigenvalue weighted by molar-refractivity contribution is 8.03. The second-order valence-corrected chi connectivity index (χ2v) is 9.88. The lowest BCUT2D eigenvalue weighted by Crippen LogP contribution is -2.31. The molecule has 1 atom stereocenters. The van der Waals surface area contributed by atoms with E-state index in [1.54, 1.807) is 55.5 Å². The number of methoxy groups -OCH3 is 1. The summed E-state index contributed by atoms with van der Waals surface area (Å²) in [5.74, 6) is -1.72. The molecule has 0 aliphatic carbocycles. The predicted octanol–water partition coefficient (Wildman–Crippen LogP) is 6.42. The molecule has 7 nitrogen and oxygen atoms in total. The third-order valence-corrected chi connectivity index (χ3v) is 7.25. The van der Waals surface area contributed by atoms with Gasteiger partial charge in [0.05, 0.1) is 52.4 Å². The van der Waals surface area contributed by atoms with Crippen LogP contribution in [0.15, 0.2) is 101 Å². The third kappa shape index (κ3) is 6.73.